The van der Waals surface area contributed by atoms with Gasteiger partial charge in [0.2, 0.25) is 12.7 Å². The molecule has 25 heavy (non-hydrogen) atoms. The third kappa shape index (κ3) is 2.95. The first-order chi connectivity index (χ1) is 12.2. The van der Waals surface area contributed by atoms with Gasteiger partial charge >= 0.3 is 0 Å². The van der Waals surface area contributed by atoms with Crippen LogP contribution in [-0.2, 0) is 0 Å². The molecule has 2 heterocycles. The summed E-state index contributed by atoms with van der Waals surface area (Å²) < 4.78 is 10.7. The van der Waals surface area contributed by atoms with Gasteiger partial charge in [-0.25, -0.2) is 9.97 Å². The van der Waals surface area contributed by atoms with Gasteiger partial charge < -0.3 is 15.2 Å². The number of benzene rings is 2. The maximum Gasteiger partial charge on any atom is 0.231 e. The third-order valence-corrected chi connectivity index (χ3v) is 4.61. The van der Waals surface area contributed by atoms with E-state index in [0.717, 1.165) is 10.5 Å². The Balaban J connectivity index is 1.82. The van der Waals surface area contributed by atoms with Crippen molar-refractivity contribution in [3.8, 4) is 28.8 Å². The van der Waals surface area contributed by atoms with E-state index in [1.54, 1.807) is 12.1 Å². The van der Waals surface area contributed by atoms with Crippen molar-refractivity contribution >= 4 is 17.7 Å². The molecule has 0 bridgehead atoms. The fourth-order valence-electron chi connectivity index (χ4n) is 2.48. The Bertz CT molecular complexity index is 986. The van der Waals surface area contributed by atoms with E-state index in [1.165, 1.54) is 11.8 Å². The second-order valence-electron chi connectivity index (χ2n) is 5.21. The van der Waals surface area contributed by atoms with Crippen molar-refractivity contribution in [2.45, 2.75) is 9.92 Å². The van der Waals surface area contributed by atoms with Gasteiger partial charge in [-0.3, -0.25) is 0 Å². The molecule has 0 spiro atoms. The summed E-state index contributed by atoms with van der Waals surface area (Å²) in [4.78, 5) is 9.49. The molecule has 1 aromatic heterocycles. The highest BCUT2D eigenvalue weighted by Crippen LogP contribution is 2.38. The van der Waals surface area contributed by atoms with Crippen molar-refractivity contribution in [3.05, 3.63) is 54.1 Å². The molecule has 0 radical (unpaired) electrons. The number of nitrogens with two attached hydrogens (primary N) is 1. The van der Waals surface area contributed by atoms with E-state index in [1.807, 2.05) is 36.4 Å². The molecular formula is C18H12N4O2S. The number of nitrogen functional groups attached to an aromatic ring is 1. The molecule has 122 valence electrons. The molecule has 3 aromatic rings. The first-order valence-electron chi connectivity index (χ1n) is 7.45. The first kappa shape index (κ1) is 15.3. The van der Waals surface area contributed by atoms with E-state index in [9.17, 15) is 5.26 Å². The van der Waals surface area contributed by atoms with Crippen LogP contribution in [0.1, 0.15) is 5.56 Å². The summed E-state index contributed by atoms with van der Waals surface area (Å²) in [5.41, 5.74) is 7.47. The Morgan fingerprint density at radius 3 is 2.64 bits per heavy atom. The van der Waals surface area contributed by atoms with Crippen LogP contribution in [0.2, 0.25) is 0 Å². The van der Waals surface area contributed by atoms with Gasteiger partial charge in [-0.05, 0) is 30.3 Å². The van der Waals surface area contributed by atoms with Crippen molar-refractivity contribution in [2.75, 3.05) is 12.5 Å². The van der Waals surface area contributed by atoms with E-state index in [0.29, 0.717) is 27.8 Å². The van der Waals surface area contributed by atoms with Crippen LogP contribution in [0.3, 0.4) is 0 Å². The molecular weight excluding hydrogens is 336 g/mol. The van der Waals surface area contributed by atoms with Gasteiger partial charge in [0, 0.05) is 10.5 Å². The molecule has 2 aromatic carbocycles. The Kier molecular flexibility index (Phi) is 3.88. The Morgan fingerprint density at radius 1 is 1.04 bits per heavy atom. The number of nitriles is 1. The fraction of sp³-hybridized carbons (Fsp3) is 0.0556. The number of ether oxygens (including phenoxy) is 2. The number of anilines is 1. The van der Waals surface area contributed by atoms with Gasteiger partial charge in [0.15, 0.2) is 11.5 Å². The zero-order chi connectivity index (χ0) is 17.2. The SMILES string of the molecule is N#Cc1c(Sc2ccccc2)nc(N)nc1-c1ccc2c(c1)OCO2. The van der Waals surface area contributed by atoms with Gasteiger partial charge in [-0.15, -0.1) is 0 Å². The quantitative estimate of drug-likeness (QED) is 0.724. The van der Waals surface area contributed by atoms with Gasteiger partial charge in [0.1, 0.15) is 16.7 Å². The standard InChI is InChI=1S/C18H12N4O2S/c19-9-13-16(11-6-7-14-15(8-11)24-10-23-14)21-18(20)22-17(13)25-12-4-2-1-3-5-12/h1-8H,10H2,(H2,20,21,22). The third-order valence-electron chi connectivity index (χ3n) is 3.61. The predicted molar refractivity (Wildman–Crippen MR) is 93.3 cm³/mol. The lowest BCUT2D eigenvalue weighted by Crippen LogP contribution is -2.02. The number of fused-ring (bicyclic) bond motifs is 1. The molecule has 4 rings (SSSR count). The molecule has 1 aliphatic heterocycles. The van der Waals surface area contributed by atoms with Gasteiger partial charge in [0.05, 0.1) is 5.69 Å². The first-order valence-corrected chi connectivity index (χ1v) is 8.27. The summed E-state index contributed by atoms with van der Waals surface area (Å²) in [5, 5.41) is 10.2. The van der Waals surface area contributed by atoms with Crippen molar-refractivity contribution in [3.63, 3.8) is 0 Å². The number of hydrogen-bond acceptors (Lipinski definition) is 7. The second kappa shape index (κ2) is 6.34. The highest BCUT2D eigenvalue weighted by atomic mass is 32.2. The van der Waals surface area contributed by atoms with Gasteiger partial charge in [0.25, 0.3) is 0 Å². The van der Waals surface area contributed by atoms with Crippen molar-refractivity contribution in [1.29, 1.82) is 5.26 Å². The monoisotopic (exact) mass is 348 g/mol. The smallest absolute Gasteiger partial charge is 0.231 e. The largest absolute Gasteiger partial charge is 0.454 e. The summed E-state index contributed by atoms with van der Waals surface area (Å²) in [6.45, 7) is 0.185. The van der Waals surface area contributed by atoms with Crippen LogP contribution in [0.25, 0.3) is 11.3 Å². The number of nitrogens with zero attached hydrogens (tertiary/aromatic N) is 3. The van der Waals surface area contributed by atoms with E-state index in [2.05, 4.69) is 16.0 Å². The number of hydrogen-bond donors (Lipinski definition) is 1. The number of rotatable bonds is 3. The minimum absolute atomic E-state index is 0.116. The van der Waals surface area contributed by atoms with Crippen molar-refractivity contribution in [2.24, 2.45) is 0 Å². The van der Waals surface area contributed by atoms with Crippen LogP contribution in [0, 0.1) is 11.3 Å². The van der Waals surface area contributed by atoms with Gasteiger partial charge in [-0.2, -0.15) is 5.26 Å². The van der Waals surface area contributed by atoms with Crippen molar-refractivity contribution in [1.82, 2.24) is 9.97 Å². The molecule has 0 amide bonds. The normalized spacial score (nSPS) is 12.0. The van der Waals surface area contributed by atoms with Gasteiger partial charge in [-0.1, -0.05) is 30.0 Å². The topological polar surface area (TPSA) is 94.1 Å². The average Bonchev–Trinajstić information content (AvgIpc) is 3.10. The Hall–Kier alpha value is -3.24. The summed E-state index contributed by atoms with van der Waals surface area (Å²) in [5.74, 6) is 1.41. The number of aromatic nitrogens is 2. The molecule has 0 unspecified atom stereocenters. The molecule has 0 aliphatic carbocycles. The lowest BCUT2D eigenvalue weighted by molar-refractivity contribution is 0.174. The van der Waals surface area contributed by atoms with Crippen molar-refractivity contribution < 1.29 is 9.47 Å². The van der Waals surface area contributed by atoms with Crippen LogP contribution >= 0.6 is 11.8 Å². The lowest BCUT2D eigenvalue weighted by atomic mass is 10.1. The minimum atomic E-state index is 0.116. The average molecular weight is 348 g/mol. The van der Waals surface area contributed by atoms with Crippen LogP contribution in [0.4, 0.5) is 5.95 Å². The molecule has 6 nitrogen and oxygen atoms in total. The maximum absolute atomic E-state index is 9.68. The van der Waals surface area contributed by atoms with E-state index in [4.69, 9.17) is 15.2 Å². The minimum Gasteiger partial charge on any atom is -0.454 e. The van der Waals surface area contributed by atoms with Crippen LogP contribution in [0.15, 0.2) is 58.5 Å². The molecule has 0 atom stereocenters. The summed E-state index contributed by atoms with van der Waals surface area (Å²) in [6, 6.07) is 17.3. The molecule has 1 aliphatic rings. The van der Waals surface area contributed by atoms with E-state index >= 15 is 0 Å². The summed E-state index contributed by atoms with van der Waals surface area (Å²) in [6.07, 6.45) is 0. The fourth-order valence-corrected chi connectivity index (χ4v) is 3.38. The second-order valence-corrected chi connectivity index (χ2v) is 6.27. The molecule has 0 saturated carbocycles. The summed E-state index contributed by atoms with van der Waals surface area (Å²) >= 11 is 1.38. The predicted octanol–water partition coefficient (Wildman–Crippen LogP) is 3.48. The highest BCUT2D eigenvalue weighted by molar-refractivity contribution is 7.99. The zero-order valence-electron chi connectivity index (χ0n) is 13.0. The van der Waals surface area contributed by atoms with E-state index in [-0.39, 0.29) is 12.7 Å². The lowest BCUT2D eigenvalue weighted by Gasteiger charge is -2.10. The molecule has 0 saturated heterocycles. The highest BCUT2D eigenvalue weighted by Gasteiger charge is 2.19. The molecule has 2 N–H and O–H groups in total. The zero-order valence-corrected chi connectivity index (χ0v) is 13.8. The van der Waals surface area contributed by atoms with Crippen LogP contribution in [0.5, 0.6) is 11.5 Å². The molecule has 0 fully saturated rings. The maximum atomic E-state index is 9.68. The Labute approximate surface area is 148 Å². The summed E-state index contributed by atoms with van der Waals surface area (Å²) in [7, 11) is 0. The van der Waals surface area contributed by atoms with Crippen LogP contribution in [-0.4, -0.2) is 16.8 Å². The Morgan fingerprint density at radius 2 is 1.84 bits per heavy atom. The van der Waals surface area contributed by atoms with E-state index < -0.39 is 0 Å². The van der Waals surface area contributed by atoms with Crippen LogP contribution < -0.4 is 15.2 Å². The molecule has 7 heteroatoms.